The Kier molecular flexibility index (Phi) is 5.67. The van der Waals surface area contributed by atoms with Crippen molar-refractivity contribution in [3.63, 3.8) is 0 Å². The van der Waals surface area contributed by atoms with E-state index in [0.29, 0.717) is 0 Å². The van der Waals surface area contributed by atoms with Gasteiger partial charge in [0.25, 0.3) is 0 Å². The van der Waals surface area contributed by atoms with Gasteiger partial charge in [0.2, 0.25) is 0 Å². The fourth-order valence-electron chi connectivity index (χ4n) is 8.34. The number of aliphatic hydroxyl groups is 1. The lowest BCUT2D eigenvalue weighted by molar-refractivity contribution is -0.169. The zero-order chi connectivity index (χ0) is 26.2. The van der Waals surface area contributed by atoms with Crippen LogP contribution in [0.2, 0.25) is 0 Å². The molecule has 4 aliphatic rings. The van der Waals surface area contributed by atoms with Crippen LogP contribution in [-0.2, 0) is 14.4 Å². The number of carbonyl (C=O) groups is 3. The Morgan fingerprint density at radius 2 is 1.95 bits per heavy atom. The fourth-order valence-corrected chi connectivity index (χ4v) is 9.16. The largest absolute Gasteiger partial charge is 0.381 e. The van der Waals surface area contributed by atoms with Gasteiger partial charge in [-0.3, -0.25) is 14.4 Å². The SMILES string of the molecule is C[C@@H]1CC2C3CCC4=CC(=O)C=CC4(C)C3C(=O)CC2(C)[C@@]1(O)C(=O)CSc1ccc2ccccc2n1. The molecule has 192 valence electrons. The van der Waals surface area contributed by atoms with E-state index in [1.54, 1.807) is 12.2 Å². The highest BCUT2D eigenvalue weighted by Crippen LogP contribution is 2.67. The van der Waals surface area contributed by atoms with Crippen molar-refractivity contribution in [2.75, 3.05) is 5.75 Å². The first-order valence-electron chi connectivity index (χ1n) is 13.3. The maximum absolute atomic E-state index is 13.9. The Hall–Kier alpha value is -2.57. The zero-order valence-electron chi connectivity index (χ0n) is 21.6. The van der Waals surface area contributed by atoms with Gasteiger partial charge < -0.3 is 5.11 Å². The second-order valence-corrected chi connectivity index (χ2v) is 13.0. The van der Waals surface area contributed by atoms with Crippen molar-refractivity contribution in [2.24, 2.45) is 34.5 Å². The highest BCUT2D eigenvalue weighted by atomic mass is 32.2. The van der Waals surface area contributed by atoms with E-state index in [9.17, 15) is 19.5 Å². The molecule has 5 nitrogen and oxygen atoms in total. The summed E-state index contributed by atoms with van der Waals surface area (Å²) in [6.45, 7) is 6.02. The number of pyridine rings is 1. The van der Waals surface area contributed by atoms with Crippen LogP contribution in [-0.4, -0.2) is 38.8 Å². The van der Waals surface area contributed by atoms with E-state index in [4.69, 9.17) is 0 Å². The number of rotatable bonds is 4. The first kappa shape index (κ1) is 24.7. The van der Waals surface area contributed by atoms with Gasteiger partial charge in [-0.05, 0) is 61.3 Å². The summed E-state index contributed by atoms with van der Waals surface area (Å²) in [6.07, 6.45) is 7.75. The van der Waals surface area contributed by atoms with Crippen LogP contribution in [0.1, 0.15) is 46.5 Å². The van der Waals surface area contributed by atoms with Crippen molar-refractivity contribution in [1.82, 2.24) is 4.98 Å². The van der Waals surface area contributed by atoms with Gasteiger partial charge in [0, 0.05) is 28.6 Å². The molecule has 1 heterocycles. The van der Waals surface area contributed by atoms with Crippen LogP contribution in [0.25, 0.3) is 10.9 Å². The zero-order valence-corrected chi connectivity index (χ0v) is 22.4. The van der Waals surface area contributed by atoms with Crippen LogP contribution < -0.4 is 0 Å². The molecule has 37 heavy (non-hydrogen) atoms. The van der Waals surface area contributed by atoms with Crippen LogP contribution in [0.3, 0.4) is 0 Å². The van der Waals surface area contributed by atoms with E-state index in [1.165, 1.54) is 11.8 Å². The molecule has 6 rings (SSSR count). The van der Waals surface area contributed by atoms with Crippen molar-refractivity contribution in [3.8, 4) is 0 Å². The minimum Gasteiger partial charge on any atom is -0.381 e. The average Bonchev–Trinajstić information content (AvgIpc) is 3.08. The summed E-state index contributed by atoms with van der Waals surface area (Å²) in [5.74, 6) is -0.270. The normalized spacial score (nSPS) is 38.6. The van der Waals surface area contributed by atoms with Crippen LogP contribution >= 0.6 is 11.8 Å². The molecule has 2 aromatic rings. The van der Waals surface area contributed by atoms with E-state index in [2.05, 4.69) is 11.9 Å². The fraction of sp³-hybridized carbons (Fsp3) is 0.484. The van der Waals surface area contributed by atoms with Gasteiger partial charge in [-0.15, -0.1) is 0 Å². The van der Waals surface area contributed by atoms with Crippen LogP contribution in [0.5, 0.6) is 0 Å². The third kappa shape index (κ3) is 3.48. The molecule has 3 saturated carbocycles. The molecule has 1 N–H and O–H groups in total. The Morgan fingerprint density at radius 3 is 2.76 bits per heavy atom. The van der Waals surface area contributed by atoms with Crippen molar-refractivity contribution in [2.45, 2.75) is 57.1 Å². The number of allylic oxidation sites excluding steroid dienone is 4. The Morgan fingerprint density at radius 1 is 1.16 bits per heavy atom. The second kappa shape index (κ2) is 8.47. The lowest BCUT2D eigenvalue weighted by Crippen LogP contribution is -2.61. The third-order valence-electron chi connectivity index (χ3n) is 10.2. The molecule has 5 unspecified atom stereocenters. The monoisotopic (exact) mass is 515 g/mol. The van der Waals surface area contributed by atoms with Gasteiger partial charge in [-0.2, -0.15) is 0 Å². The number of nitrogens with zero attached hydrogens (tertiary/aromatic N) is 1. The molecule has 4 aliphatic carbocycles. The molecule has 0 radical (unpaired) electrons. The predicted octanol–water partition coefficient (Wildman–Crippen LogP) is 5.36. The standard InChI is InChI=1S/C31H33NO4S/c1-18-14-23-22-10-9-20-15-21(33)12-13-29(20,2)28(22)25(34)16-30(23,3)31(18,36)26(35)17-37-27-11-8-19-6-4-5-7-24(19)32-27/h4-8,11-13,15,18,22-23,28,36H,9-10,14,16-17H2,1-3H3/t18-,22?,23?,28?,29?,30?,31+/m1/s1. The first-order chi connectivity index (χ1) is 17.6. The summed E-state index contributed by atoms with van der Waals surface area (Å²) in [7, 11) is 0. The van der Waals surface area contributed by atoms with E-state index in [-0.39, 0.29) is 53.2 Å². The maximum Gasteiger partial charge on any atom is 0.178 e. The number of hydrogen-bond donors (Lipinski definition) is 1. The van der Waals surface area contributed by atoms with Crippen LogP contribution in [0.4, 0.5) is 0 Å². The van der Waals surface area contributed by atoms with Crippen molar-refractivity contribution >= 4 is 40.0 Å². The summed E-state index contributed by atoms with van der Waals surface area (Å²) in [4.78, 5) is 44.4. The maximum atomic E-state index is 13.9. The summed E-state index contributed by atoms with van der Waals surface area (Å²) in [5, 5.41) is 14.0. The van der Waals surface area contributed by atoms with Gasteiger partial charge in [-0.25, -0.2) is 4.98 Å². The topological polar surface area (TPSA) is 84.3 Å². The number of benzene rings is 1. The van der Waals surface area contributed by atoms with Crippen molar-refractivity contribution in [3.05, 3.63) is 60.2 Å². The lowest BCUT2D eigenvalue weighted by Gasteiger charge is -2.56. The summed E-state index contributed by atoms with van der Waals surface area (Å²) >= 11 is 1.35. The molecule has 0 aliphatic heterocycles. The predicted molar refractivity (Wildman–Crippen MR) is 144 cm³/mol. The smallest absolute Gasteiger partial charge is 0.178 e. The highest BCUT2D eigenvalue weighted by molar-refractivity contribution is 7.99. The molecule has 1 aromatic carbocycles. The number of Topliss-reactive ketones (excluding diaryl/α,β-unsaturated/α-hetero) is 2. The molecule has 0 amide bonds. The van der Waals surface area contributed by atoms with E-state index >= 15 is 0 Å². The number of hydrogen-bond acceptors (Lipinski definition) is 6. The van der Waals surface area contributed by atoms with Gasteiger partial charge in [0.1, 0.15) is 11.4 Å². The second-order valence-electron chi connectivity index (χ2n) is 12.0. The third-order valence-corrected chi connectivity index (χ3v) is 11.1. The molecule has 3 fully saturated rings. The van der Waals surface area contributed by atoms with E-state index in [0.717, 1.165) is 40.8 Å². The molecule has 6 heteroatoms. The molecule has 0 spiro atoms. The van der Waals surface area contributed by atoms with Gasteiger partial charge in [0.15, 0.2) is 11.6 Å². The molecule has 0 saturated heterocycles. The molecular formula is C31H33NO4S. The average molecular weight is 516 g/mol. The molecular weight excluding hydrogens is 482 g/mol. The summed E-state index contributed by atoms with van der Waals surface area (Å²) < 4.78 is 0. The molecule has 7 atom stereocenters. The summed E-state index contributed by atoms with van der Waals surface area (Å²) in [5.41, 5.74) is -0.889. The number of thioether (sulfide) groups is 1. The van der Waals surface area contributed by atoms with Gasteiger partial charge in [0.05, 0.1) is 16.3 Å². The number of fused-ring (bicyclic) bond motifs is 6. The minimum atomic E-state index is -1.56. The van der Waals surface area contributed by atoms with Crippen molar-refractivity contribution in [1.29, 1.82) is 0 Å². The molecule has 1 aromatic heterocycles. The Labute approximate surface area is 221 Å². The Bertz CT molecular complexity index is 1400. The number of carbonyl (C=O) groups excluding carboxylic acids is 3. The number of para-hydroxylation sites is 1. The quantitative estimate of drug-likeness (QED) is 0.552. The van der Waals surface area contributed by atoms with E-state index < -0.39 is 16.4 Å². The van der Waals surface area contributed by atoms with Gasteiger partial charge >= 0.3 is 0 Å². The first-order valence-corrected chi connectivity index (χ1v) is 14.3. The van der Waals surface area contributed by atoms with E-state index in [1.807, 2.05) is 56.3 Å². The van der Waals surface area contributed by atoms with Crippen LogP contribution in [0, 0.1) is 34.5 Å². The lowest BCUT2D eigenvalue weighted by atomic mass is 9.46. The van der Waals surface area contributed by atoms with Gasteiger partial charge in [-0.1, -0.05) is 68.4 Å². The molecule has 0 bridgehead atoms. The Balaban J connectivity index is 1.27. The minimum absolute atomic E-state index is 0.00751. The summed E-state index contributed by atoms with van der Waals surface area (Å²) in [6, 6.07) is 11.8. The number of aromatic nitrogens is 1. The van der Waals surface area contributed by atoms with Crippen molar-refractivity contribution < 1.29 is 19.5 Å². The highest BCUT2D eigenvalue weighted by Gasteiger charge is 2.70. The van der Waals surface area contributed by atoms with Crippen LogP contribution in [0.15, 0.2) is 65.2 Å². The number of ketones is 3.